The summed E-state index contributed by atoms with van der Waals surface area (Å²) < 4.78 is 0. The van der Waals surface area contributed by atoms with E-state index < -0.39 is 0 Å². The lowest BCUT2D eigenvalue weighted by Crippen LogP contribution is -2.10. The SMILES string of the molecule is CCC(C)(C)/C(C)=C/C=C(\C)c1ccc(/C(C)=C/C=C(\C)C(C)(C)CC)c2nc(-c3ccccc3)c(-c3ccccc3)nc12. The van der Waals surface area contributed by atoms with Gasteiger partial charge in [0, 0.05) is 22.3 Å². The average molecular weight is 583 g/mol. The number of allylic oxidation sites excluding steroid dienone is 8. The maximum atomic E-state index is 5.46. The van der Waals surface area contributed by atoms with E-state index in [4.69, 9.17) is 9.97 Å². The van der Waals surface area contributed by atoms with Gasteiger partial charge in [-0.05, 0) is 62.5 Å². The Morgan fingerprint density at radius 2 is 0.864 bits per heavy atom. The second kappa shape index (κ2) is 13.7. The quantitative estimate of drug-likeness (QED) is 0.174. The molecule has 2 heteroatoms. The van der Waals surface area contributed by atoms with E-state index in [1.165, 1.54) is 22.3 Å². The Balaban J connectivity index is 2.04. The first-order valence-corrected chi connectivity index (χ1v) is 16.1. The summed E-state index contributed by atoms with van der Waals surface area (Å²) in [6.07, 6.45) is 11.2. The first-order valence-electron chi connectivity index (χ1n) is 16.1. The summed E-state index contributed by atoms with van der Waals surface area (Å²) in [5, 5.41) is 0. The van der Waals surface area contributed by atoms with E-state index in [-0.39, 0.29) is 10.8 Å². The Hall–Kier alpha value is -4.04. The van der Waals surface area contributed by atoms with Gasteiger partial charge in [0.15, 0.2) is 0 Å². The molecule has 44 heavy (non-hydrogen) atoms. The lowest BCUT2D eigenvalue weighted by molar-refractivity contribution is 0.429. The van der Waals surface area contributed by atoms with Crippen molar-refractivity contribution in [3.05, 3.63) is 119 Å². The largest absolute Gasteiger partial charge is 0.243 e. The van der Waals surface area contributed by atoms with E-state index in [1.54, 1.807) is 0 Å². The highest BCUT2D eigenvalue weighted by Gasteiger charge is 2.20. The molecule has 2 nitrogen and oxygen atoms in total. The predicted octanol–water partition coefficient (Wildman–Crippen LogP) is 12.5. The zero-order valence-electron chi connectivity index (χ0n) is 28.5. The van der Waals surface area contributed by atoms with Crippen LogP contribution in [0, 0.1) is 10.8 Å². The molecule has 0 radical (unpaired) electrons. The molecule has 1 aromatic heterocycles. The van der Waals surface area contributed by atoms with Gasteiger partial charge in [-0.25, -0.2) is 9.97 Å². The van der Waals surface area contributed by atoms with E-state index in [2.05, 4.69) is 154 Å². The summed E-state index contributed by atoms with van der Waals surface area (Å²) in [5.74, 6) is 0. The normalized spacial score (nSPS) is 14.0. The van der Waals surface area contributed by atoms with Gasteiger partial charge in [0.1, 0.15) is 0 Å². The minimum Gasteiger partial charge on any atom is -0.243 e. The van der Waals surface area contributed by atoms with Crippen LogP contribution in [-0.2, 0) is 0 Å². The Bertz CT molecular complexity index is 1600. The monoisotopic (exact) mass is 582 g/mol. The molecule has 0 spiro atoms. The molecule has 1 heterocycles. The lowest BCUT2D eigenvalue weighted by atomic mass is 9.82. The van der Waals surface area contributed by atoms with Gasteiger partial charge in [-0.3, -0.25) is 0 Å². The second-order valence-electron chi connectivity index (χ2n) is 13.4. The zero-order valence-corrected chi connectivity index (χ0v) is 28.5. The molecule has 3 aromatic carbocycles. The Morgan fingerprint density at radius 3 is 1.18 bits per heavy atom. The molecule has 0 atom stereocenters. The van der Waals surface area contributed by atoms with E-state index in [0.717, 1.165) is 57.5 Å². The summed E-state index contributed by atoms with van der Waals surface area (Å²) in [5.41, 5.74) is 13.4. The molecule has 0 aliphatic heterocycles. The van der Waals surface area contributed by atoms with Crippen molar-refractivity contribution in [3.8, 4) is 22.5 Å². The van der Waals surface area contributed by atoms with Gasteiger partial charge in [0.25, 0.3) is 0 Å². The fourth-order valence-electron chi connectivity index (χ4n) is 5.05. The van der Waals surface area contributed by atoms with Crippen LogP contribution in [0.3, 0.4) is 0 Å². The lowest BCUT2D eigenvalue weighted by Gasteiger charge is -2.23. The van der Waals surface area contributed by atoms with Gasteiger partial charge < -0.3 is 0 Å². The molecule has 228 valence electrons. The number of hydrogen-bond donors (Lipinski definition) is 0. The summed E-state index contributed by atoms with van der Waals surface area (Å²) in [6, 6.07) is 25.3. The van der Waals surface area contributed by atoms with Crippen molar-refractivity contribution in [3.63, 3.8) is 0 Å². The molecular weight excluding hydrogens is 532 g/mol. The van der Waals surface area contributed by atoms with Gasteiger partial charge in [0.05, 0.1) is 22.4 Å². The molecule has 4 rings (SSSR count). The molecule has 0 aliphatic rings. The van der Waals surface area contributed by atoms with Crippen LogP contribution >= 0.6 is 0 Å². The first kappa shape index (κ1) is 32.9. The third-order valence-electron chi connectivity index (χ3n) is 9.84. The Kier molecular flexibility index (Phi) is 10.3. The summed E-state index contributed by atoms with van der Waals surface area (Å²) in [7, 11) is 0. The maximum absolute atomic E-state index is 5.46. The molecule has 0 saturated carbocycles. The molecule has 4 aromatic rings. The smallest absolute Gasteiger partial charge is 0.0976 e. The second-order valence-corrected chi connectivity index (χ2v) is 13.4. The third-order valence-corrected chi connectivity index (χ3v) is 9.84. The van der Waals surface area contributed by atoms with Crippen molar-refractivity contribution in [2.45, 2.75) is 82.1 Å². The number of hydrogen-bond acceptors (Lipinski definition) is 2. The molecular formula is C42H50N2. The minimum absolute atomic E-state index is 0.160. The summed E-state index contributed by atoms with van der Waals surface area (Å²) in [4.78, 5) is 10.9. The van der Waals surface area contributed by atoms with Crippen LogP contribution in [0.1, 0.15) is 93.2 Å². The van der Waals surface area contributed by atoms with Crippen LogP contribution in [-0.4, -0.2) is 9.97 Å². The number of aromatic nitrogens is 2. The van der Waals surface area contributed by atoms with Crippen molar-refractivity contribution < 1.29 is 0 Å². The molecule has 0 aliphatic carbocycles. The van der Waals surface area contributed by atoms with Crippen LogP contribution in [0.15, 0.2) is 108 Å². The van der Waals surface area contributed by atoms with Crippen LogP contribution in [0.25, 0.3) is 44.7 Å². The maximum Gasteiger partial charge on any atom is 0.0976 e. The van der Waals surface area contributed by atoms with Gasteiger partial charge in [0.2, 0.25) is 0 Å². The molecule has 0 bridgehead atoms. The van der Waals surface area contributed by atoms with E-state index in [1.807, 2.05) is 12.1 Å². The van der Waals surface area contributed by atoms with Crippen molar-refractivity contribution in [1.29, 1.82) is 0 Å². The number of rotatable bonds is 10. The number of nitrogens with zero attached hydrogens (tertiary/aromatic N) is 2. The molecule has 0 N–H and O–H groups in total. The topological polar surface area (TPSA) is 25.8 Å². The Morgan fingerprint density at radius 1 is 0.523 bits per heavy atom. The zero-order chi connectivity index (χ0) is 32.1. The highest BCUT2D eigenvalue weighted by atomic mass is 14.8. The molecule has 0 unspecified atom stereocenters. The molecule has 0 saturated heterocycles. The van der Waals surface area contributed by atoms with E-state index in [0.29, 0.717) is 0 Å². The summed E-state index contributed by atoms with van der Waals surface area (Å²) in [6.45, 7) is 22.6. The van der Waals surface area contributed by atoms with Crippen LogP contribution < -0.4 is 0 Å². The first-order chi connectivity index (χ1) is 20.9. The van der Waals surface area contributed by atoms with Crippen molar-refractivity contribution >= 4 is 22.2 Å². The fourth-order valence-corrected chi connectivity index (χ4v) is 5.05. The Labute approximate surface area is 266 Å². The number of benzene rings is 3. The standard InChI is InChI=1S/C42H50N2/c1-11-41(7,8)31(5)25-23-29(3)35-27-28-36(30(4)24-26-32(6)42(9,10)12-2)40-39(35)43-37(33-19-15-13-16-20-33)38(44-40)34-21-17-14-18-22-34/h13-28H,11-12H2,1-10H3/b29-23+,30-24+,31-25+,32-26+. The van der Waals surface area contributed by atoms with Crippen LogP contribution in [0.2, 0.25) is 0 Å². The van der Waals surface area contributed by atoms with Crippen molar-refractivity contribution in [2.24, 2.45) is 10.8 Å². The summed E-state index contributed by atoms with van der Waals surface area (Å²) >= 11 is 0. The van der Waals surface area contributed by atoms with Gasteiger partial charge in [-0.2, -0.15) is 0 Å². The van der Waals surface area contributed by atoms with Crippen LogP contribution in [0.5, 0.6) is 0 Å². The van der Waals surface area contributed by atoms with Gasteiger partial charge in [-0.1, -0.05) is 150 Å². The van der Waals surface area contributed by atoms with Crippen LogP contribution in [0.4, 0.5) is 0 Å². The highest BCUT2D eigenvalue weighted by Crippen LogP contribution is 2.37. The fraction of sp³-hybridized carbons (Fsp3) is 0.333. The van der Waals surface area contributed by atoms with Crippen molar-refractivity contribution in [1.82, 2.24) is 9.97 Å². The van der Waals surface area contributed by atoms with Crippen molar-refractivity contribution in [2.75, 3.05) is 0 Å². The van der Waals surface area contributed by atoms with Gasteiger partial charge >= 0.3 is 0 Å². The molecule has 0 fully saturated rings. The third kappa shape index (κ3) is 7.18. The average Bonchev–Trinajstić information content (AvgIpc) is 3.05. The molecule has 0 amide bonds. The minimum atomic E-state index is 0.160. The van der Waals surface area contributed by atoms with Gasteiger partial charge in [-0.15, -0.1) is 0 Å². The number of fused-ring (bicyclic) bond motifs is 1. The highest BCUT2D eigenvalue weighted by molar-refractivity contribution is 5.98. The van der Waals surface area contributed by atoms with E-state index in [9.17, 15) is 0 Å². The predicted molar refractivity (Wildman–Crippen MR) is 193 cm³/mol. The van der Waals surface area contributed by atoms with E-state index >= 15 is 0 Å².